The molecule has 0 radical (unpaired) electrons. The summed E-state index contributed by atoms with van der Waals surface area (Å²) in [5.41, 5.74) is 3.72. The number of fused-ring (bicyclic) bond motifs is 2. The average Bonchev–Trinajstić information content (AvgIpc) is 2.77. The molecule has 1 aromatic carbocycles. The minimum Gasteiger partial charge on any atom is -0.207 e. The third kappa shape index (κ3) is 5.20. The van der Waals surface area contributed by atoms with Gasteiger partial charge in [0.1, 0.15) is 5.82 Å². The van der Waals surface area contributed by atoms with Crippen LogP contribution >= 0.6 is 0 Å². The van der Waals surface area contributed by atoms with Crippen molar-refractivity contribution >= 4 is 0 Å². The molecular formula is C29H43F. The lowest BCUT2D eigenvalue weighted by molar-refractivity contribution is 0.133. The van der Waals surface area contributed by atoms with Gasteiger partial charge in [0.2, 0.25) is 0 Å². The Kier molecular flexibility index (Phi) is 7.71. The van der Waals surface area contributed by atoms with E-state index in [-0.39, 0.29) is 5.82 Å². The normalized spacial score (nSPS) is 31.5. The molecule has 0 spiro atoms. The maximum absolute atomic E-state index is 15.2. The second-order valence-corrected chi connectivity index (χ2v) is 10.7. The standard InChI is InChI=1S/C29H43F/c1-3-5-6-7-9-22-11-13-26-19-27(20-29(30)28(26)17-22)25-15-14-23-16-21(8-4-2)10-12-24(23)18-25/h4,8,19-25H,3,5-7,9-18H2,1-2H3/b8-4+. The summed E-state index contributed by atoms with van der Waals surface area (Å²) < 4.78 is 15.2. The molecule has 0 N–H and O–H groups in total. The van der Waals surface area contributed by atoms with Crippen LogP contribution in [0.5, 0.6) is 0 Å². The zero-order valence-corrected chi connectivity index (χ0v) is 19.5. The van der Waals surface area contributed by atoms with Gasteiger partial charge in [0.15, 0.2) is 0 Å². The molecule has 3 aliphatic carbocycles. The molecule has 0 amide bonds. The molecular weight excluding hydrogens is 367 g/mol. The zero-order valence-electron chi connectivity index (χ0n) is 19.5. The lowest BCUT2D eigenvalue weighted by Crippen LogP contribution is -2.30. The first-order valence-corrected chi connectivity index (χ1v) is 13.1. The molecule has 0 nitrogen and oxygen atoms in total. The summed E-state index contributed by atoms with van der Waals surface area (Å²) in [6.07, 6.45) is 22.7. The SMILES string of the molecule is C/C=C/C1CCC2CC(c3cc(F)c4c(c3)CCC(CCCCCC)C4)CCC2C1. The molecule has 3 aliphatic rings. The Morgan fingerprint density at radius 2 is 1.80 bits per heavy atom. The van der Waals surface area contributed by atoms with Crippen LogP contribution < -0.4 is 0 Å². The Morgan fingerprint density at radius 3 is 2.63 bits per heavy atom. The smallest absolute Gasteiger partial charge is 0.126 e. The van der Waals surface area contributed by atoms with Gasteiger partial charge < -0.3 is 0 Å². The van der Waals surface area contributed by atoms with Gasteiger partial charge in [-0.3, -0.25) is 0 Å². The second-order valence-electron chi connectivity index (χ2n) is 10.7. The summed E-state index contributed by atoms with van der Waals surface area (Å²) in [6, 6.07) is 4.36. The fourth-order valence-electron chi connectivity index (χ4n) is 6.94. The molecule has 5 atom stereocenters. The maximum Gasteiger partial charge on any atom is 0.126 e. The molecule has 0 bridgehead atoms. The van der Waals surface area contributed by atoms with Gasteiger partial charge in [0.25, 0.3) is 0 Å². The quantitative estimate of drug-likeness (QED) is 0.311. The molecule has 1 heteroatoms. The minimum absolute atomic E-state index is 0.111. The predicted octanol–water partition coefficient (Wildman–Crippen LogP) is 8.78. The largest absolute Gasteiger partial charge is 0.207 e. The van der Waals surface area contributed by atoms with E-state index in [1.807, 2.05) is 6.07 Å². The Hall–Kier alpha value is -1.11. The maximum atomic E-state index is 15.2. The monoisotopic (exact) mass is 410 g/mol. The predicted molar refractivity (Wildman–Crippen MR) is 126 cm³/mol. The highest BCUT2D eigenvalue weighted by Gasteiger charge is 2.36. The fraction of sp³-hybridized carbons (Fsp3) is 0.724. The van der Waals surface area contributed by atoms with Crippen LogP contribution in [0.4, 0.5) is 4.39 Å². The first-order valence-electron chi connectivity index (χ1n) is 13.1. The third-order valence-electron chi connectivity index (χ3n) is 8.68. The van der Waals surface area contributed by atoms with Gasteiger partial charge in [-0.25, -0.2) is 4.39 Å². The molecule has 5 unspecified atom stereocenters. The third-order valence-corrected chi connectivity index (χ3v) is 8.68. The van der Waals surface area contributed by atoms with Crippen molar-refractivity contribution in [2.45, 2.75) is 110 Å². The summed E-state index contributed by atoms with van der Waals surface area (Å²) in [5, 5.41) is 0. The van der Waals surface area contributed by atoms with Crippen LogP contribution in [0.3, 0.4) is 0 Å². The fourth-order valence-corrected chi connectivity index (χ4v) is 6.94. The first kappa shape index (κ1) is 22.1. The number of halogens is 1. The lowest BCUT2D eigenvalue weighted by atomic mass is 9.63. The van der Waals surface area contributed by atoms with Crippen LogP contribution in [-0.2, 0) is 12.8 Å². The van der Waals surface area contributed by atoms with Crippen LogP contribution in [-0.4, -0.2) is 0 Å². The highest BCUT2D eigenvalue weighted by molar-refractivity contribution is 5.37. The van der Waals surface area contributed by atoms with E-state index < -0.39 is 0 Å². The second kappa shape index (κ2) is 10.5. The lowest BCUT2D eigenvalue weighted by Gasteiger charge is -2.42. The number of benzene rings is 1. The average molecular weight is 411 g/mol. The number of allylic oxidation sites excluding steroid dienone is 2. The van der Waals surface area contributed by atoms with E-state index in [9.17, 15) is 0 Å². The molecule has 0 heterocycles. The van der Waals surface area contributed by atoms with Gasteiger partial charge in [-0.15, -0.1) is 0 Å². The molecule has 1 aromatic rings. The summed E-state index contributed by atoms with van der Waals surface area (Å²) in [4.78, 5) is 0. The number of rotatable bonds is 7. The molecule has 2 saturated carbocycles. The van der Waals surface area contributed by atoms with Gasteiger partial charge in [-0.2, -0.15) is 0 Å². The van der Waals surface area contributed by atoms with Crippen molar-refractivity contribution in [3.05, 3.63) is 46.8 Å². The Labute approximate surface area is 184 Å². The van der Waals surface area contributed by atoms with E-state index >= 15 is 4.39 Å². The summed E-state index contributed by atoms with van der Waals surface area (Å²) in [5.74, 6) is 4.00. The van der Waals surface area contributed by atoms with E-state index in [0.29, 0.717) is 11.8 Å². The van der Waals surface area contributed by atoms with Gasteiger partial charge in [0.05, 0.1) is 0 Å². The summed E-state index contributed by atoms with van der Waals surface area (Å²) in [7, 11) is 0. The molecule has 30 heavy (non-hydrogen) atoms. The van der Waals surface area contributed by atoms with E-state index in [2.05, 4.69) is 32.1 Å². The number of aryl methyl sites for hydroxylation is 1. The highest BCUT2D eigenvalue weighted by atomic mass is 19.1. The van der Waals surface area contributed by atoms with Crippen LogP contribution in [0.2, 0.25) is 0 Å². The van der Waals surface area contributed by atoms with Crippen molar-refractivity contribution < 1.29 is 4.39 Å². The topological polar surface area (TPSA) is 0 Å². The van der Waals surface area contributed by atoms with Gasteiger partial charge >= 0.3 is 0 Å². The summed E-state index contributed by atoms with van der Waals surface area (Å²) >= 11 is 0. The Balaban J connectivity index is 1.37. The minimum atomic E-state index is 0.111. The van der Waals surface area contributed by atoms with Crippen LogP contribution in [0.25, 0.3) is 0 Å². The molecule has 166 valence electrons. The van der Waals surface area contributed by atoms with Crippen molar-refractivity contribution in [2.24, 2.45) is 23.7 Å². The number of hydrogen-bond donors (Lipinski definition) is 0. The van der Waals surface area contributed by atoms with Crippen LogP contribution in [0, 0.1) is 29.5 Å². The van der Waals surface area contributed by atoms with E-state index in [1.54, 1.807) is 0 Å². The van der Waals surface area contributed by atoms with Crippen molar-refractivity contribution in [3.8, 4) is 0 Å². The van der Waals surface area contributed by atoms with Crippen molar-refractivity contribution in [2.75, 3.05) is 0 Å². The van der Waals surface area contributed by atoms with Gasteiger partial charge in [0, 0.05) is 0 Å². The number of unbranched alkanes of at least 4 members (excludes halogenated alkanes) is 3. The molecule has 4 rings (SSSR count). The Bertz CT molecular complexity index is 717. The van der Waals surface area contributed by atoms with Crippen LogP contribution in [0.15, 0.2) is 24.3 Å². The zero-order chi connectivity index (χ0) is 20.9. The summed E-state index contributed by atoms with van der Waals surface area (Å²) in [6.45, 7) is 4.42. The van der Waals surface area contributed by atoms with E-state index in [1.165, 1.54) is 88.2 Å². The number of hydrogen-bond acceptors (Lipinski definition) is 0. The van der Waals surface area contributed by atoms with Crippen LogP contribution in [0.1, 0.15) is 114 Å². The van der Waals surface area contributed by atoms with Crippen molar-refractivity contribution in [1.29, 1.82) is 0 Å². The molecule has 2 fully saturated rings. The van der Waals surface area contributed by atoms with Crippen molar-refractivity contribution in [1.82, 2.24) is 0 Å². The molecule has 0 saturated heterocycles. The van der Waals surface area contributed by atoms with Gasteiger partial charge in [-0.1, -0.05) is 57.2 Å². The Morgan fingerprint density at radius 1 is 0.967 bits per heavy atom. The van der Waals surface area contributed by atoms with Gasteiger partial charge in [-0.05, 0) is 117 Å². The molecule has 0 aromatic heterocycles. The highest BCUT2D eigenvalue weighted by Crippen LogP contribution is 2.48. The van der Waals surface area contributed by atoms with E-state index in [0.717, 1.165) is 36.2 Å². The van der Waals surface area contributed by atoms with Crippen molar-refractivity contribution in [3.63, 3.8) is 0 Å². The van der Waals surface area contributed by atoms with E-state index in [4.69, 9.17) is 0 Å². The first-order chi connectivity index (χ1) is 14.7. The molecule has 0 aliphatic heterocycles.